The first-order valence-corrected chi connectivity index (χ1v) is 7.72. The number of thioether (sulfide) groups is 1. The van der Waals surface area contributed by atoms with Crippen molar-refractivity contribution in [3.8, 4) is 0 Å². The number of carbonyl (C=O) groups is 2. The lowest BCUT2D eigenvalue weighted by atomic mass is 9.85. The van der Waals surface area contributed by atoms with Crippen LogP contribution >= 0.6 is 11.8 Å². The highest BCUT2D eigenvalue weighted by molar-refractivity contribution is 8.00. The monoisotopic (exact) mass is 288 g/mol. The zero-order valence-corrected chi connectivity index (χ0v) is 12.9. The molecule has 19 heavy (non-hydrogen) atoms. The minimum Gasteiger partial charge on any atom is -0.481 e. The number of aliphatic carboxylic acids is 1. The molecule has 1 rings (SSSR count). The Balaban J connectivity index is 2.45. The molecule has 1 saturated carbocycles. The van der Waals surface area contributed by atoms with Gasteiger partial charge in [-0.05, 0) is 24.5 Å². The number of rotatable bonds is 6. The first-order valence-electron chi connectivity index (χ1n) is 6.50. The second kappa shape index (κ2) is 6.03. The summed E-state index contributed by atoms with van der Waals surface area (Å²) < 4.78 is 0.210. The van der Waals surface area contributed by atoms with E-state index in [2.05, 4.69) is 16.9 Å². The lowest BCUT2D eigenvalue weighted by molar-refractivity contribution is -0.138. The Kier molecular flexibility index (Phi) is 5.12. The Morgan fingerprint density at radius 2 is 1.95 bits per heavy atom. The van der Waals surface area contributed by atoms with Gasteiger partial charge in [0.2, 0.25) is 0 Å². The molecule has 0 aromatic heterocycles. The van der Waals surface area contributed by atoms with Crippen LogP contribution in [0.1, 0.15) is 40.0 Å². The van der Waals surface area contributed by atoms with Crippen LogP contribution in [0.4, 0.5) is 4.79 Å². The number of carboxylic acids is 1. The third kappa shape index (κ3) is 5.30. The lowest BCUT2D eigenvalue weighted by Gasteiger charge is -2.30. The molecular formula is C13H24N2O3S. The Bertz CT molecular complexity index is 348. The third-order valence-electron chi connectivity index (χ3n) is 3.54. The number of urea groups is 1. The van der Waals surface area contributed by atoms with Crippen LogP contribution in [0.15, 0.2) is 0 Å². The molecule has 0 aliphatic heterocycles. The van der Waals surface area contributed by atoms with Crippen molar-refractivity contribution >= 4 is 23.8 Å². The van der Waals surface area contributed by atoms with E-state index < -0.39 is 5.97 Å². The molecule has 1 atom stereocenters. The van der Waals surface area contributed by atoms with Crippen molar-refractivity contribution in [2.45, 2.75) is 50.8 Å². The van der Waals surface area contributed by atoms with E-state index in [1.807, 2.05) is 20.8 Å². The summed E-state index contributed by atoms with van der Waals surface area (Å²) in [5, 5.41) is 14.5. The highest BCUT2D eigenvalue weighted by Crippen LogP contribution is 2.46. The van der Waals surface area contributed by atoms with Gasteiger partial charge in [-0.1, -0.05) is 20.8 Å². The van der Waals surface area contributed by atoms with Crippen molar-refractivity contribution < 1.29 is 14.7 Å². The molecular weight excluding hydrogens is 264 g/mol. The first kappa shape index (κ1) is 16.1. The molecule has 1 aliphatic rings. The molecule has 5 nitrogen and oxygen atoms in total. The second-order valence-corrected chi connectivity index (χ2v) is 7.50. The van der Waals surface area contributed by atoms with Crippen LogP contribution < -0.4 is 10.6 Å². The van der Waals surface area contributed by atoms with Crippen molar-refractivity contribution in [3.63, 3.8) is 0 Å². The number of hydrogen-bond donors (Lipinski definition) is 3. The highest BCUT2D eigenvalue weighted by Gasteiger charge is 2.42. The minimum absolute atomic E-state index is 0.0649. The fourth-order valence-corrected chi connectivity index (χ4v) is 2.52. The van der Waals surface area contributed by atoms with Crippen LogP contribution in [0.3, 0.4) is 0 Å². The van der Waals surface area contributed by atoms with E-state index in [1.54, 1.807) is 11.8 Å². The van der Waals surface area contributed by atoms with Crippen LogP contribution in [0.5, 0.6) is 0 Å². The molecule has 0 heterocycles. The third-order valence-corrected chi connectivity index (χ3v) is 4.96. The van der Waals surface area contributed by atoms with E-state index >= 15 is 0 Å². The van der Waals surface area contributed by atoms with Crippen molar-refractivity contribution in [2.75, 3.05) is 12.8 Å². The van der Waals surface area contributed by atoms with Gasteiger partial charge >= 0.3 is 12.0 Å². The van der Waals surface area contributed by atoms with Crippen LogP contribution in [-0.4, -0.2) is 40.7 Å². The van der Waals surface area contributed by atoms with Gasteiger partial charge in [-0.25, -0.2) is 4.79 Å². The van der Waals surface area contributed by atoms with E-state index in [1.165, 1.54) is 0 Å². The quantitative estimate of drug-likeness (QED) is 0.699. The molecule has 3 N–H and O–H groups in total. The summed E-state index contributed by atoms with van der Waals surface area (Å²) in [6, 6.07) is -0.657. The van der Waals surface area contributed by atoms with Crippen molar-refractivity contribution in [3.05, 3.63) is 0 Å². The Labute approximate surface area is 118 Å². The van der Waals surface area contributed by atoms with E-state index in [4.69, 9.17) is 5.11 Å². The first-order chi connectivity index (χ1) is 8.68. The van der Waals surface area contributed by atoms with E-state index in [0.717, 1.165) is 12.8 Å². The largest absolute Gasteiger partial charge is 0.481 e. The summed E-state index contributed by atoms with van der Waals surface area (Å²) in [7, 11) is 0. The Morgan fingerprint density at radius 1 is 1.37 bits per heavy atom. The molecule has 1 aliphatic carbocycles. The molecule has 1 fully saturated rings. The summed E-state index contributed by atoms with van der Waals surface area (Å²) in [6.45, 7) is 6.41. The van der Waals surface area contributed by atoms with Crippen LogP contribution in [0.25, 0.3) is 0 Å². The molecule has 1 unspecified atom stereocenters. The maximum atomic E-state index is 11.8. The standard InChI is InChI=1S/C13H24N2O3S/c1-12(2,3)9(7-10(16)17)15-11(18)14-8-13(19-4)5-6-13/h9H,5-8H2,1-4H3,(H,16,17)(H2,14,15,18). The highest BCUT2D eigenvalue weighted by atomic mass is 32.2. The van der Waals surface area contributed by atoms with Gasteiger partial charge in [0, 0.05) is 17.3 Å². The topological polar surface area (TPSA) is 78.4 Å². The molecule has 0 saturated heterocycles. The fourth-order valence-electron chi connectivity index (χ4n) is 1.79. The molecule has 2 amide bonds. The van der Waals surface area contributed by atoms with Crippen molar-refractivity contribution in [1.29, 1.82) is 0 Å². The Morgan fingerprint density at radius 3 is 2.32 bits per heavy atom. The van der Waals surface area contributed by atoms with Gasteiger partial charge < -0.3 is 15.7 Å². The molecule has 110 valence electrons. The number of carbonyl (C=O) groups excluding carboxylic acids is 1. The molecule has 0 aromatic rings. The second-order valence-electron chi connectivity index (χ2n) is 6.23. The Hall–Kier alpha value is -0.910. The van der Waals surface area contributed by atoms with Crippen molar-refractivity contribution in [2.24, 2.45) is 5.41 Å². The molecule has 0 spiro atoms. The van der Waals surface area contributed by atoms with Gasteiger partial charge in [-0.2, -0.15) is 11.8 Å². The predicted octanol–water partition coefficient (Wildman–Crippen LogP) is 2.07. The SMILES string of the molecule is CSC1(CNC(=O)NC(CC(=O)O)C(C)(C)C)CC1. The zero-order valence-electron chi connectivity index (χ0n) is 12.1. The zero-order chi connectivity index (χ0) is 14.7. The van der Waals surface area contributed by atoms with Gasteiger partial charge in [-0.3, -0.25) is 4.79 Å². The van der Waals surface area contributed by atoms with E-state index in [-0.39, 0.29) is 28.7 Å². The smallest absolute Gasteiger partial charge is 0.315 e. The number of hydrogen-bond acceptors (Lipinski definition) is 3. The van der Waals surface area contributed by atoms with Gasteiger partial charge in [0.15, 0.2) is 0 Å². The minimum atomic E-state index is -0.900. The number of carboxylic acid groups (broad SMARTS) is 1. The van der Waals surface area contributed by atoms with Crippen molar-refractivity contribution in [1.82, 2.24) is 10.6 Å². The van der Waals surface area contributed by atoms with Gasteiger partial charge in [0.05, 0.1) is 6.42 Å². The van der Waals surface area contributed by atoms with Gasteiger partial charge in [-0.15, -0.1) is 0 Å². The lowest BCUT2D eigenvalue weighted by Crippen LogP contribution is -2.50. The van der Waals surface area contributed by atoms with Gasteiger partial charge in [0.1, 0.15) is 0 Å². The maximum Gasteiger partial charge on any atom is 0.315 e. The molecule has 6 heteroatoms. The molecule has 0 aromatic carbocycles. The molecule has 0 radical (unpaired) electrons. The van der Waals surface area contributed by atoms with Crippen LogP contribution in [0.2, 0.25) is 0 Å². The number of nitrogens with one attached hydrogen (secondary N) is 2. The van der Waals surface area contributed by atoms with E-state index in [9.17, 15) is 9.59 Å². The summed E-state index contributed by atoms with van der Waals surface area (Å²) in [5.74, 6) is -0.900. The van der Waals surface area contributed by atoms with Crippen LogP contribution in [0, 0.1) is 5.41 Å². The summed E-state index contributed by atoms with van der Waals surface area (Å²) in [4.78, 5) is 22.7. The summed E-state index contributed by atoms with van der Waals surface area (Å²) >= 11 is 1.78. The number of amides is 2. The average molecular weight is 288 g/mol. The maximum absolute atomic E-state index is 11.8. The van der Waals surface area contributed by atoms with Crippen LogP contribution in [-0.2, 0) is 4.79 Å². The summed E-state index contributed by atoms with van der Waals surface area (Å²) in [5.41, 5.74) is -0.285. The fraction of sp³-hybridized carbons (Fsp3) is 0.846. The summed E-state index contributed by atoms with van der Waals surface area (Å²) in [6.07, 6.45) is 4.25. The normalized spacial score (nSPS) is 18.5. The average Bonchev–Trinajstić information content (AvgIpc) is 3.04. The van der Waals surface area contributed by atoms with Gasteiger partial charge in [0.25, 0.3) is 0 Å². The predicted molar refractivity (Wildman–Crippen MR) is 77.5 cm³/mol. The van der Waals surface area contributed by atoms with E-state index in [0.29, 0.717) is 6.54 Å². The molecule has 0 bridgehead atoms.